The molecular weight excluding hydrogens is 712 g/mol. The van der Waals surface area contributed by atoms with E-state index < -0.39 is 111 Å². The monoisotopic (exact) mass is 756 g/mol. The van der Waals surface area contributed by atoms with Crippen molar-refractivity contribution >= 4 is 12.0 Å². The van der Waals surface area contributed by atoms with Crippen LogP contribution in [0.15, 0.2) is 42.5 Å². The van der Waals surface area contributed by atoms with E-state index in [4.69, 9.17) is 33.2 Å². The normalized spacial score (nSPS) is 36.2. The van der Waals surface area contributed by atoms with E-state index in [0.29, 0.717) is 11.1 Å². The molecule has 3 aliphatic heterocycles. The lowest BCUT2D eigenvalue weighted by Gasteiger charge is -2.47. The summed E-state index contributed by atoms with van der Waals surface area (Å²) in [6.07, 6.45) is -17.1. The van der Waals surface area contributed by atoms with Crippen molar-refractivity contribution in [3.63, 3.8) is 0 Å². The number of esters is 1. The first kappa shape index (κ1) is 40.5. The van der Waals surface area contributed by atoms with Crippen molar-refractivity contribution in [1.29, 1.82) is 0 Å². The molecule has 3 saturated heterocycles. The lowest BCUT2D eigenvalue weighted by molar-refractivity contribution is -0.375. The van der Waals surface area contributed by atoms with Crippen molar-refractivity contribution < 1.29 is 94.1 Å². The predicted octanol–water partition coefficient (Wildman–Crippen LogP) is -2.55. The number of aromatic hydroxyl groups is 4. The molecule has 0 aliphatic carbocycles. The van der Waals surface area contributed by atoms with Crippen molar-refractivity contribution in [3.05, 3.63) is 53.6 Å². The zero-order chi connectivity index (χ0) is 38.6. The number of aliphatic hydroxyl groups is 7. The largest absolute Gasteiger partial charge is 0.504 e. The Kier molecular flexibility index (Phi) is 13.2. The summed E-state index contributed by atoms with van der Waals surface area (Å²) in [5, 5.41) is 113. The Morgan fingerprint density at radius 2 is 1.51 bits per heavy atom. The van der Waals surface area contributed by atoms with Crippen LogP contribution in [0.25, 0.3) is 6.08 Å². The molecule has 0 spiro atoms. The average molecular weight is 757 g/mol. The zero-order valence-corrected chi connectivity index (χ0v) is 28.3. The third-order valence-electron chi connectivity index (χ3n) is 9.10. The Bertz CT molecular complexity index is 1570. The molecule has 2 aromatic rings. The molecule has 0 radical (unpaired) electrons. The molecule has 0 amide bonds. The maximum atomic E-state index is 12.7. The minimum absolute atomic E-state index is 0.116. The summed E-state index contributed by atoms with van der Waals surface area (Å²) in [6, 6.07) is 7.90. The average Bonchev–Trinajstić information content (AvgIpc) is 3.42. The van der Waals surface area contributed by atoms with Crippen LogP contribution in [0.5, 0.6) is 23.0 Å². The standard InChI is InChI=1S/C34H44O19/c1-15-24(41)26(43)27(44)31(50-15)52-28-25(42)22(12-48-23(40)7-4-16-2-5-18(36)20(38)10-16)51-32(47-9-8-17-3-6-19(37)21(39)11-17)29(28)53-33-30(45)34(46,13-35)14-49-33/h2-7,10-11,15,22,24-33,35-39,41-46H,8-9,12-14H2,1H3/t15-,22+,24-,25+,26+,27+,28-,29+,30-,31-,32+,33-,34+/m0/s1. The van der Waals surface area contributed by atoms with Gasteiger partial charge in [0.05, 0.1) is 25.9 Å². The van der Waals surface area contributed by atoms with Gasteiger partial charge < -0.3 is 89.3 Å². The highest BCUT2D eigenvalue weighted by Gasteiger charge is 2.55. The number of carbonyl (C=O) groups is 1. The number of aliphatic hydroxyl groups excluding tert-OH is 6. The van der Waals surface area contributed by atoms with Gasteiger partial charge in [0.25, 0.3) is 0 Å². The fraction of sp³-hybridized carbons (Fsp3) is 0.559. The number of hydrogen-bond donors (Lipinski definition) is 11. The van der Waals surface area contributed by atoms with Crippen LogP contribution in [0.2, 0.25) is 0 Å². The second-order valence-corrected chi connectivity index (χ2v) is 13.0. The fourth-order valence-corrected chi connectivity index (χ4v) is 5.85. The molecule has 294 valence electrons. The van der Waals surface area contributed by atoms with E-state index in [1.807, 2.05) is 0 Å². The van der Waals surface area contributed by atoms with Gasteiger partial charge in [-0.15, -0.1) is 0 Å². The van der Waals surface area contributed by atoms with Gasteiger partial charge in [0.15, 0.2) is 41.9 Å². The van der Waals surface area contributed by atoms with Crippen LogP contribution in [0.4, 0.5) is 0 Å². The minimum atomic E-state index is -2.13. The molecule has 5 rings (SSSR count). The maximum Gasteiger partial charge on any atom is 0.330 e. The second-order valence-electron chi connectivity index (χ2n) is 13.0. The van der Waals surface area contributed by atoms with Crippen LogP contribution in [-0.2, 0) is 44.4 Å². The Labute approximate surface area is 302 Å². The Hall–Kier alpha value is -3.67. The van der Waals surface area contributed by atoms with Gasteiger partial charge in [-0.1, -0.05) is 12.1 Å². The van der Waals surface area contributed by atoms with Crippen molar-refractivity contribution in [2.45, 2.75) is 92.8 Å². The van der Waals surface area contributed by atoms with Crippen LogP contribution < -0.4 is 0 Å². The highest BCUT2D eigenvalue weighted by atomic mass is 16.8. The molecule has 3 heterocycles. The minimum Gasteiger partial charge on any atom is -0.504 e. The number of rotatable bonds is 13. The third kappa shape index (κ3) is 9.35. The van der Waals surface area contributed by atoms with E-state index in [1.165, 1.54) is 49.4 Å². The zero-order valence-electron chi connectivity index (χ0n) is 28.3. The fourth-order valence-electron chi connectivity index (χ4n) is 5.85. The molecule has 19 nitrogen and oxygen atoms in total. The third-order valence-corrected chi connectivity index (χ3v) is 9.10. The summed E-state index contributed by atoms with van der Waals surface area (Å²) in [7, 11) is 0. The number of phenols is 4. The molecule has 19 heteroatoms. The Balaban J connectivity index is 1.40. The summed E-state index contributed by atoms with van der Waals surface area (Å²) in [5.41, 5.74) is -1.27. The molecule has 11 N–H and O–H groups in total. The van der Waals surface area contributed by atoms with Crippen LogP contribution in [0.1, 0.15) is 18.1 Å². The summed E-state index contributed by atoms with van der Waals surface area (Å²) >= 11 is 0. The van der Waals surface area contributed by atoms with Crippen molar-refractivity contribution in [2.24, 2.45) is 0 Å². The molecule has 0 saturated carbocycles. The molecule has 3 fully saturated rings. The molecule has 0 unspecified atom stereocenters. The second kappa shape index (κ2) is 17.2. The van der Waals surface area contributed by atoms with Crippen LogP contribution >= 0.6 is 0 Å². The van der Waals surface area contributed by atoms with Gasteiger partial charge in [-0.25, -0.2) is 4.79 Å². The number of ether oxygens (including phenoxy) is 7. The smallest absolute Gasteiger partial charge is 0.330 e. The number of carbonyl (C=O) groups excluding carboxylic acids is 1. The van der Waals surface area contributed by atoms with Gasteiger partial charge in [0, 0.05) is 6.08 Å². The molecule has 0 aromatic heterocycles. The molecule has 0 bridgehead atoms. The summed E-state index contributed by atoms with van der Waals surface area (Å²) in [6.45, 7) is -0.888. The molecule has 13 atom stereocenters. The highest BCUT2D eigenvalue weighted by Crippen LogP contribution is 2.35. The molecule has 53 heavy (non-hydrogen) atoms. The lowest BCUT2D eigenvalue weighted by atomic mass is 9.96. The van der Waals surface area contributed by atoms with E-state index in [-0.39, 0.29) is 30.3 Å². The van der Waals surface area contributed by atoms with Gasteiger partial charge in [-0.2, -0.15) is 0 Å². The lowest BCUT2D eigenvalue weighted by Crippen LogP contribution is -2.65. The van der Waals surface area contributed by atoms with E-state index in [9.17, 15) is 61.0 Å². The van der Waals surface area contributed by atoms with E-state index in [1.54, 1.807) is 0 Å². The first-order valence-electron chi connectivity index (χ1n) is 16.6. The Morgan fingerprint density at radius 1 is 0.830 bits per heavy atom. The topological polar surface area (TPSA) is 304 Å². The molecule has 2 aromatic carbocycles. The number of benzene rings is 2. The first-order valence-corrected chi connectivity index (χ1v) is 16.6. The van der Waals surface area contributed by atoms with Gasteiger partial charge in [0.2, 0.25) is 0 Å². The van der Waals surface area contributed by atoms with Gasteiger partial charge in [-0.3, -0.25) is 0 Å². The van der Waals surface area contributed by atoms with Gasteiger partial charge in [0.1, 0.15) is 61.0 Å². The molecular formula is C34H44O19. The van der Waals surface area contributed by atoms with E-state index >= 15 is 0 Å². The van der Waals surface area contributed by atoms with Crippen LogP contribution in [0.3, 0.4) is 0 Å². The van der Waals surface area contributed by atoms with Crippen molar-refractivity contribution in [1.82, 2.24) is 0 Å². The first-order chi connectivity index (χ1) is 25.1. The van der Waals surface area contributed by atoms with Crippen molar-refractivity contribution in [2.75, 3.05) is 26.4 Å². The van der Waals surface area contributed by atoms with Crippen molar-refractivity contribution in [3.8, 4) is 23.0 Å². The highest BCUT2D eigenvalue weighted by molar-refractivity contribution is 5.87. The number of phenolic OH excluding ortho intramolecular Hbond substituents is 4. The SMILES string of the molecule is C[C@@H]1O[C@@H](O[C@H]2[C@H](O)[C@@H](COC(=O)C=Cc3ccc(O)c(O)c3)O[C@@H](OCCc3ccc(O)c(O)c3)[C@@H]2O[C@@H]2OC[C@](O)(CO)[C@H]2O)[C@H](O)[C@H](O)[C@H]1O. The summed E-state index contributed by atoms with van der Waals surface area (Å²) in [4.78, 5) is 12.7. The number of hydrogen-bond acceptors (Lipinski definition) is 19. The Morgan fingerprint density at radius 3 is 2.17 bits per heavy atom. The maximum absolute atomic E-state index is 12.7. The van der Waals surface area contributed by atoms with E-state index in [2.05, 4.69) is 0 Å². The van der Waals surface area contributed by atoms with Crippen LogP contribution in [-0.4, -0.2) is 168 Å². The quantitative estimate of drug-likeness (QED) is 0.0569. The van der Waals surface area contributed by atoms with Gasteiger partial charge >= 0.3 is 5.97 Å². The predicted molar refractivity (Wildman–Crippen MR) is 174 cm³/mol. The van der Waals surface area contributed by atoms with Crippen LogP contribution in [0, 0.1) is 0 Å². The summed E-state index contributed by atoms with van der Waals surface area (Å²) < 4.78 is 40.2. The summed E-state index contributed by atoms with van der Waals surface area (Å²) in [5.74, 6) is -2.44. The molecule has 3 aliphatic rings. The van der Waals surface area contributed by atoms with Gasteiger partial charge in [-0.05, 0) is 54.8 Å². The van der Waals surface area contributed by atoms with E-state index in [0.717, 1.165) is 6.08 Å².